The second kappa shape index (κ2) is 6.53. The summed E-state index contributed by atoms with van der Waals surface area (Å²) in [5.41, 5.74) is 5.32. The third-order valence-electron chi connectivity index (χ3n) is 1.68. The van der Waals surface area contributed by atoms with Gasteiger partial charge in [0.15, 0.2) is 3.92 Å². The van der Waals surface area contributed by atoms with Gasteiger partial charge >= 0.3 is 6.55 Å². The molecule has 1 rings (SSSR count). The summed E-state index contributed by atoms with van der Waals surface area (Å²) < 4.78 is 24.8. The van der Waals surface area contributed by atoms with Gasteiger partial charge in [-0.3, -0.25) is 0 Å². The first-order valence-corrected chi connectivity index (χ1v) is 6.58. The molecule has 0 saturated carbocycles. The van der Waals surface area contributed by atoms with Crippen molar-refractivity contribution >= 4 is 49.4 Å². The number of thiazole rings is 1. The molecule has 9 heteroatoms. The summed E-state index contributed by atoms with van der Waals surface area (Å²) >= 11 is 7.45. The van der Waals surface area contributed by atoms with Crippen LogP contribution in [0.3, 0.4) is 0 Å². The highest BCUT2D eigenvalue weighted by molar-refractivity contribution is 9.11. The van der Waals surface area contributed by atoms with Gasteiger partial charge in [0.2, 0.25) is 0 Å². The molecule has 0 fully saturated rings. The molecule has 0 aromatic carbocycles. The van der Waals surface area contributed by atoms with Crippen LogP contribution in [0.2, 0.25) is 0 Å². The first-order chi connectivity index (χ1) is 7.95. The molecule has 94 valence electrons. The third-order valence-corrected chi connectivity index (χ3v) is 4.10. The van der Waals surface area contributed by atoms with E-state index in [1.807, 2.05) is 0 Å². The van der Waals surface area contributed by atoms with Crippen LogP contribution in [0.25, 0.3) is 0 Å². The lowest BCUT2D eigenvalue weighted by molar-refractivity contribution is 0.160. The number of hydrogen-bond acceptors (Lipinski definition) is 5. The van der Waals surface area contributed by atoms with Gasteiger partial charge in [-0.25, -0.2) is 9.98 Å². The van der Waals surface area contributed by atoms with Crippen LogP contribution in [0.5, 0.6) is 0 Å². The third kappa shape index (κ3) is 4.09. The second-order valence-electron chi connectivity index (χ2n) is 2.75. The normalized spacial score (nSPS) is 14.8. The molecule has 1 atom stereocenters. The van der Waals surface area contributed by atoms with Crippen LogP contribution in [-0.4, -0.2) is 22.9 Å². The minimum absolute atomic E-state index is 0.0714. The quantitative estimate of drug-likeness (QED) is 0.613. The second-order valence-corrected chi connectivity index (χ2v) is 5.80. The highest BCUT2D eigenvalue weighted by Gasteiger charge is 2.19. The lowest BCUT2D eigenvalue weighted by atomic mass is 10.1. The fourth-order valence-electron chi connectivity index (χ4n) is 0.955. The molecule has 0 aliphatic heterocycles. The predicted molar refractivity (Wildman–Crippen MR) is 69.2 cm³/mol. The van der Waals surface area contributed by atoms with Crippen LogP contribution in [0.1, 0.15) is 11.0 Å². The van der Waals surface area contributed by atoms with E-state index in [4.69, 9.17) is 5.73 Å². The molecule has 0 spiro atoms. The minimum Gasteiger partial charge on any atom is -0.404 e. The van der Waals surface area contributed by atoms with Crippen molar-refractivity contribution in [1.82, 2.24) is 4.98 Å². The maximum atomic E-state index is 11.9. The number of rotatable bonds is 4. The summed E-state index contributed by atoms with van der Waals surface area (Å²) in [7, 11) is 0. The Hall–Kier alpha value is -0.380. The van der Waals surface area contributed by atoms with Gasteiger partial charge < -0.3 is 10.8 Å². The Balaban J connectivity index is 2.95. The molecule has 0 radical (unpaired) electrons. The number of nitrogens with zero attached hydrogens (tertiary/aromatic N) is 2. The van der Waals surface area contributed by atoms with E-state index in [2.05, 4.69) is 41.8 Å². The molecule has 1 aromatic rings. The van der Waals surface area contributed by atoms with Crippen LogP contribution < -0.4 is 5.73 Å². The van der Waals surface area contributed by atoms with Gasteiger partial charge in [0.25, 0.3) is 0 Å². The Bertz CT molecular complexity index is 450. The van der Waals surface area contributed by atoms with Crippen molar-refractivity contribution < 1.29 is 13.9 Å². The first-order valence-electron chi connectivity index (χ1n) is 4.18. The average molecular weight is 391 g/mol. The fourth-order valence-corrected chi connectivity index (χ4v) is 3.34. The monoisotopic (exact) mass is 389 g/mol. The Morgan fingerprint density at radius 2 is 2.18 bits per heavy atom. The Kier molecular flexibility index (Phi) is 5.63. The van der Waals surface area contributed by atoms with Crippen LogP contribution in [-0.2, 0) is 0 Å². The fraction of sp³-hybridized carbons (Fsp3) is 0.250. The topological polar surface area (TPSA) is 71.5 Å². The molecular formula is C8H7Br2F2N3OS. The molecule has 17 heavy (non-hydrogen) atoms. The number of nitrogens with two attached hydrogens (primary N) is 1. The van der Waals surface area contributed by atoms with E-state index in [9.17, 15) is 13.9 Å². The zero-order valence-electron chi connectivity index (χ0n) is 8.15. The molecule has 4 nitrogen and oxygen atoms in total. The zero-order valence-corrected chi connectivity index (χ0v) is 12.1. The Morgan fingerprint density at radius 1 is 1.53 bits per heavy atom. The summed E-state index contributed by atoms with van der Waals surface area (Å²) in [5.74, 6) is 0. The Labute approximate surface area is 117 Å². The largest absolute Gasteiger partial charge is 0.404 e. The van der Waals surface area contributed by atoms with Crippen LogP contribution in [0, 0.1) is 0 Å². The van der Waals surface area contributed by atoms with Gasteiger partial charge in [-0.2, -0.15) is 8.78 Å². The van der Waals surface area contributed by atoms with E-state index < -0.39 is 12.7 Å². The van der Waals surface area contributed by atoms with E-state index in [1.54, 1.807) is 0 Å². The van der Waals surface area contributed by atoms with Gasteiger partial charge in [-0.05, 0) is 31.9 Å². The van der Waals surface area contributed by atoms with E-state index in [-0.39, 0.29) is 5.57 Å². The number of aliphatic hydroxyl groups is 1. The van der Waals surface area contributed by atoms with Gasteiger partial charge in [-0.15, -0.1) is 11.3 Å². The lowest BCUT2D eigenvalue weighted by Crippen LogP contribution is -2.05. The van der Waals surface area contributed by atoms with E-state index in [0.717, 1.165) is 23.8 Å². The van der Waals surface area contributed by atoms with Crippen LogP contribution in [0.15, 0.2) is 25.3 Å². The highest BCUT2D eigenvalue weighted by Crippen LogP contribution is 2.34. The number of alkyl halides is 2. The summed E-state index contributed by atoms with van der Waals surface area (Å²) in [6, 6.07) is 0. The number of halogens is 4. The van der Waals surface area contributed by atoms with Gasteiger partial charge in [0.05, 0.1) is 4.88 Å². The zero-order chi connectivity index (χ0) is 13.0. The summed E-state index contributed by atoms with van der Waals surface area (Å²) in [6.45, 7) is -2.84. The van der Waals surface area contributed by atoms with Crippen molar-refractivity contribution in [2.24, 2.45) is 10.7 Å². The number of aliphatic imine (C=N–C) groups is 1. The molecule has 0 aliphatic rings. The molecule has 1 aromatic heterocycles. The lowest BCUT2D eigenvalue weighted by Gasteiger charge is -2.08. The molecule has 1 unspecified atom stereocenters. The van der Waals surface area contributed by atoms with Crippen molar-refractivity contribution in [3.05, 3.63) is 25.2 Å². The van der Waals surface area contributed by atoms with E-state index >= 15 is 0 Å². The van der Waals surface area contributed by atoms with Crippen molar-refractivity contribution in [3.63, 3.8) is 0 Å². The summed E-state index contributed by atoms with van der Waals surface area (Å²) in [6.07, 6.45) is 0.715. The Morgan fingerprint density at radius 3 is 2.59 bits per heavy atom. The van der Waals surface area contributed by atoms with E-state index in [0.29, 0.717) is 13.4 Å². The van der Waals surface area contributed by atoms with Crippen LogP contribution in [0.4, 0.5) is 8.78 Å². The summed E-state index contributed by atoms with van der Waals surface area (Å²) in [4.78, 5) is 7.30. The van der Waals surface area contributed by atoms with E-state index in [1.165, 1.54) is 0 Å². The maximum absolute atomic E-state index is 11.9. The predicted octanol–water partition coefficient (Wildman–Crippen LogP) is 2.84. The molecule has 3 N–H and O–H groups in total. The molecule has 0 aliphatic carbocycles. The number of hydrogen-bond donors (Lipinski definition) is 2. The molecule has 0 saturated heterocycles. The number of aromatic nitrogens is 1. The van der Waals surface area contributed by atoms with Gasteiger partial charge in [0, 0.05) is 18.0 Å². The van der Waals surface area contributed by atoms with Gasteiger partial charge in [-0.1, -0.05) is 0 Å². The summed E-state index contributed by atoms with van der Waals surface area (Å²) in [5, 5.41) is 9.92. The van der Waals surface area contributed by atoms with Crippen molar-refractivity contribution in [2.45, 2.75) is 12.7 Å². The maximum Gasteiger partial charge on any atom is 0.331 e. The van der Waals surface area contributed by atoms with Crippen molar-refractivity contribution in [1.29, 1.82) is 0 Å². The smallest absolute Gasteiger partial charge is 0.331 e. The van der Waals surface area contributed by atoms with Crippen molar-refractivity contribution in [3.8, 4) is 0 Å². The number of aliphatic hydroxyl groups excluding tert-OH is 1. The highest BCUT2D eigenvalue weighted by atomic mass is 79.9. The molecular weight excluding hydrogens is 384 g/mol. The van der Waals surface area contributed by atoms with Gasteiger partial charge in [0.1, 0.15) is 10.7 Å². The van der Waals surface area contributed by atoms with Crippen LogP contribution >= 0.6 is 43.2 Å². The molecule has 0 amide bonds. The first kappa shape index (κ1) is 14.7. The SMILES string of the molecule is NC=C(C=NC(F)F)C(O)c1sc(Br)nc1Br. The van der Waals surface area contributed by atoms with Crippen molar-refractivity contribution in [2.75, 3.05) is 0 Å². The minimum atomic E-state index is -2.84. The average Bonchev–Trinajstić information content (AvgIpc) is 2.58. The molecule has 0 bridgehead atoms. The standard InChI is InChI=1S/C8H7Br2F2N3OS/c9-6-5(17-7(10)15-6)4(16)3(1-13)2-14-8(11)12/h1-2,4,8,16H,13H2. The molecule has 1 heterocycles.